The predicted octanol–water partition coefficient (Wildman–Crippen LogP) is 3.85. The molecule has 1 aliphatic rings. The van der Waals surface area contributed by atoms with Crippen molar-refractivity contribution in [1.82, 2.24) is 0 Å². The number of carboxylic acids is 1. The van der Waals surface area contributed by atoms with Crippen LogP contribution in [0.3, 0.4) is 0 Å². The highest BCUT2D eigenvalue weighted by Crippen LogP contribution is 2.48. The third kappa shape index (κ3) is 1.87. The molecule has 0 spiro atoms. The van der Waals surface area contributed by atoms with Gasteiger partial charge in [0.2, 0.25) is 0 Å². The van der Waals surface area contributed by atoms with Gasteiger partial charge in [-0.25, -0.2) is 4.79 Å². The van der Waals surface area contributed by atoms with Crippen LogP contribution < -0.4 is 4.74 Å². The zero-order valence-corrected chi connectivity index (χ0v) is 11.4. The van der Waals surface area contributed by atoms with E-state index in [1.807, 2.05) is 30.3 Å². The number of halogens is 1. The lowest BCUT2D eigenvalue weighted by Gasteiger charge is -2.05. The normalized spacial score (nSPS) is 14.0. The Balaban J connectivity index is 2.35. The molecule has 0 bridgehead atoms. The summed E-state index contributed by atoms with van der Waals surface area (Å²) >= 11 is 6.27. The maximum atomic E-state index is 11.1. The lowest BCUT2D eigenvalue weighted by atomic mass is 10.0. The number of rotatable bonds is 2. The van der Waals surface area contributed by atoms with Gasteiger partial charge in [-0.2, -0.15) is 0 Å². The van der Waals surface area contributed by atoms with Gasteiger partial charge in [0.25, 0.3) is 0 Å². The van der Waals surface area contributed by atoms with Gasteiger partial charge in [-0.3, -0.25) is 0 Å². The number of benzene rings is 2. The molecule has 0 fully saturated rings. The minimum Gasteiger partial charge on any atom is -0.497 e. The first kappa shape index (κ1) is 12.8. The molecule has 100 valence electrons. The summed E-state index contributed by atoms with van der Waals surface area (Å²) in [6.45, 7) is 0. The number of aliphatic carboxylic acids is 1. The number of hydrogen-bond acceptors (Lipinski definition) is 2. The molecule has 0 saturated carbocycles. The molecule has 1 N–H and O–H groups in total. The van der Waals surface area contributed by atoms with E-state index >= 15 is 0 Å². The number of carboxylic acid groups (broad SMARTS) is 1. The van der Waals surface area contributed by atoms with Crippen LogP contribution in [0, 0.1) is 0 Å². The van der Waals surface area contributed by atoms with Gasteiger partial charge >= 0.3 is 5.97 Å². The fourth-order valence-corrected chi connectivity index (χ4v) is 2.81. The molecule has 3 nitrogen and oxygen atoms in total. The quantitative estimate of drug-likeness (QED) is 0.728. The second-order valence-electron chi connectivity index (χ2n) is 4.47. The highest BCUT2D eigenvalue weighted by molar-refractivity contribution is 6.34. The van der Waals surface area contributed by atoms with Crippen molar-refractivity contribution in [1.29, 1.82) is 0 Å². The van der Waals surface area contributed by atoms with Crippen LogP contribution in [-0.4, -0.2) is 18.2 Å². The molecule has 0 aliphatic heterocycles. The SMILES string of the molecule is COc1ccc2c(c1)/C(=C/C(=O)O)c1cccc(Cl)c1-2. The molecule has 20 heavy (non-hydrogen) atoms. The molecule has 2 aromatic rings. The Bertz CT molecular complexity index is 747. The monoisotopic (exact) mass is 286 g/mol. The van der Waals surface area contributed by atoms with Crippen molar-refractivity contribution in [3.05, 3.63) is 58.6 Å². The summed E-state index contributed by atoms with van der Waals surface area (Å²) in [7, 11) is 1.58. The van der Waals surface area contributed by atoms with Gasteiger partial charge < -0.3 is 9.84 Å². The molecule has 0 radical (unpaired) electrons. The maximum absolute atomic E-state index is 11.1. The number of hydrogen-bond donors (Lipinski definition) is 1. The van der Waals surface area contributed by atoms with Crippen molar-refractivity contribution >= 4 is 23.1 Å². The molecule has 0 amide bonds. The van der Waals surface area contributed by atoms with Crippen LogP contribution in [0.1, 0.15) is 11.1 Å². The van der Waals surface area contributed by atoms with Crippen molar-refractivity contribution in [2.75, 3.05) is 7.11 Å². The van der Waals surface area contributed by atoms with Crippen molar-refractivity contribution in [2.45, 2.75) is 0 Å². The van der Waals surface area contributed by atoms with Crippen LogP contribution in [0.5, 0.6) is 5.75 Å². The standard InChI is InChI=1S/C16H11ClO3/c1-20-9-5-6-11-12(7-9)13(8-15(18)19)10-3-2-4-14(17)16(10)11/h2-8H,1H3,(H,18,19)/b13-8+. The smallest absolute Gasteiger partial charge is 0.328 e. The fraction of sp³-hybridized carbons (Fsp3) is 0.0625. The Morgan fingerprint density at radius 3 is 2.70 bits per heavy atom. The molecule has 4 heteroatoms. The molecule has 0 unspecified atom stereocenters. The summed E-state index contributed by atoms with van der Waals surface area (Å²) in [5, 5.41) is 9.69. The summed E-state index contributed by atoms with van der Waals surface area (Å²) in [6, 6.07) is 11.1. The van der Waals surface area contributed by atoms with Gasteiger partial charge in [-0.1, -0.05) is 23.7 Å². The number of fused-ring (bicyclic) bond motifs is 3. The van der Waals surface area contributed by atoms with Crippen LogP contribution >= 0.6 is 11.6 Å². The van der Waals surface area contributed by atoms with Gasteiger partial charge in [0.05, 0.1) is 7.11 Å². The average molecular weight is 287 g/mol. The van der Waals surface area contributed by atoms with E-state index in [2.05, 4.69) is 0 Å². The third-order valence-electron chi connectivity index (χ3n) is 3.36. The minimum absolute atomic E-state index is 0.614. The van der Waals surface area contributed by atoms with E-state index < -0.39 is 5.97 Å². The second kappa shape index (κ2) is 4.69. The molecule has 0 atom stereocenters. The van der Waals surface area contributed by atoms with E-state index in [9.17, 15) is 4.79 Å². The predicted molar refractivity (Wildman–Crippen MR) is 78.2 cm³/mol. The molecule has 0 heterocycles. The summed E-state index contributed by atoms with van der Waals surface area (Å²) in [5.74, 6) is -0.300. The van der Waals surface area contributed by atoms with Gasteiger partial charge in [0.1, 0.15) is 5.75 Å². The molecule has 2 aromatic carbocycles. The van der Waals surface area contributed by atoms with Crippen LogP contribution in [0.15, 0.2) is 42.5 Å². The zero-order chi connectivity index (χ0) is 14.3. The van der Waals surface area contributed by atoms with E-state index in [1.165, 1.54) is 6.08 Å². The molecule has 0 aromatic heterocycles. The summed E-state index contributed by atoms with van der Waals surface area (Å²) in [5.41, 5.74) is 4.13. The van der Waals surface area contributed by atoms with Crippen molar-refractivity contribution < 1.29 is 14.6 Å². The van der Waals surface area contributed by atoms with E-state index in [4.69, 9.17) is 21.4 Å². The Kier molecular flexibility index (Phi) is 2.99. The first-order valence-electron chi connectivity index (χ1n) is 6.04. The lowest BCUT2D eigenvalue weighted by Crippen LogP contribution is -1.92. The topological polar surface area (TPSA) is 46.5 Å². The third-order valence-corrected chi connectivity index (χ3v) is 3.67. The largest absolute Gasteiger partial charge is 0.497 e. The van der Waals surface area contributed by atoms with E-state index in [0.29, 0.717) is 16.3 Å². The Hall–Kier alpha value is -2.26. The molecular weight excluding hydrogens is 276 g/mol. The molecule has 3 rings (SSSR count). The first-order valence-corrected chi connectivity index (χ1v) is 6.42. The Labute approximate surface area is 121 Å². The molecular formula is C16H11ClO3. The first-order chi connectivity index (χ1) is 9.61. The van der Waals surface area contributed by atoms with Gasteiger partial charge in [0, 0.05) is 16.7 Å². The second-order valence-corrected chi connectivity index (χ2v) is 4.88. The summed E-state index contributed by atoms with van der Waals surface area (Å²) < 4.78 is 5.21. The maximum Gasteiger partial charge on any atom is 0.328 e. The van der Waals surface area contributed by atoms with Crippen LogP contribution in [0.4, 0.5) is 0 Å². The van der Waals surface area contributed by atoms with Crippen molar-refractivity contribution in [3.8, 4) is 16.9 Å². The van der Waals surface area contributed by atoms with Crippen molar-refractivity contribution in [3.63, 3.8) is 0 Å². The van der Waals surface area contributed by atoms with Crippen LogP contribution in [0.2, 0.25) is 5.02 Å². The van der Waals surface area contributed by atoms with E-state index in [1.54, 1.807) is 13.2 Å². The Morgan fingerprint density at radius 1 is 1.20 bits per heavy atom. The molecule has 0 saturated heterocycles. The van der Waals surface area contributed by atoms with Crippen molar-refractivity contribution in [2.24, 2.45) is 0 Å². The van der Waals surface area contributed by atoms with Crippen LogP contribution in [0.25, 0.3) is 16.7 Å². The van der Waals surface area contributed by atoms with Gasteiger partial charge in [0.15, 0.2) is 0 Å². The summed E-state index contributed by atoms with van der Waals surface area (Å²) in [4.78, 5) is 11.1. The van der Waals surface area contributed by atoms with Gasteiger partial charge in [-0.15, -0.1) is 0 Å². The van der Waals surface area contributed by atoms with Gasteiger partial charge in [-0.05, 0) is 46.5 Å². The zero-order valence-electron chi connectivity index (χ0n) is 10.7. The number of methoxy groups -OCH3 is 1. The van der Waals surface area contributed by atoms with E-state index in [-0.39, 0.29) is 0 Å². The Morgan fingerprint density at radius 2 is 2.00 bits per heavy atom. The van der Waals surface area contributed by atoms with E-state index in [0.717, 1.165) is 22.3 Å². The molecule has 1 aliphatic carbocycles. The van der Waals surface area contributed by atoms with Crippen LogP contribution in [-0.2, 0) is 4.79 Å². The summed E-state index contributed by atoms with van der Waals surface area (Å²) in [6.07, 6.45) is 1.21. The highest BCUT2D eigenvalue weighted by atomic mass is 35.5. The average Bonchev–Trinajstić information content (AvgIpc) is 2.73. The highest BCUT2D eigenvalue weighted by Gasteiger charge is 2.26. The number of carbonyl (C=O) groups is 1. The fourth-order valence-electron chi connectivity index (χ4n) is 2.54. The number of ether oxygens (including phenoxy) is 1. The minimum atomic E-state index is -0.985. The lowest BCUT2D eigenvalue weighted by molar-refractivity contribution is -0.131.